The van der Waals surface area contributed by atoms with Crippen molar-refractivity contribution in [2.45, 2.75) is 37.2 Å². The fourth-order valence-corrected chi connectivity index (χ4v) is 5.08. The first-order valence-electron chi connectivity index (χ1n) is 11.0. The van der Waals surface area contributed by atoms with Crippen LogP contribution in [-0.2, 0) is 9.67 Å². The van der Waals surface area contributed by atoms with E-state index in [4.69, 9.17) is 5.26 Å². The van der Waals surface area contributed by atoms with Crippen LogP contribution >= 0.6 is 11.8 Å². The summed E-state index contributed by atoms with van der Waals surface area (Å²) in [5.74, 6) is -1.63. The van der Waals surface area contributed by atoms with Crippen molar-refractivity contribution in [2.75, 3.05) is 13.6 Å². The number of aliphatic hydroxyl groups excluding tert-OH is 1. The highest BCUT2D eigenvalue weighted by Crippen LogP contribution is 2.50. The van der Waals surface area contributed by atoms with Crippen LogP contribution in [0.3, 0.4) is 0 Å². The minimum absolute atomic E-state index is 0.0617. The van der Waals surface area contributed by atoms with Gasteiger partial charge < -0.3 is 10.4 Å². The Bertz CT molecular complexity index is 1150. The number of nitrogens with one attached hydrogen (secondary N) is 2. The van der Waals surface area contributed by atoms with E-state index in [1.807, 2.05) is 30.3 Å². The molecule has 8 nitrogen and oxygen atoms in total. The number of hydrogen-bond acceptors (Lipinski definition) is 6. The SMILES string of the molecule is CCC(O)C(=O)N1N=C(c2cc(F)ccc2F)SC1(CCCNC(=NC)NC#N)c1ccccc1. The van der Waals surface area contributed by atoms with Gasteiger partial charge in [0.15, 0.2) is 6.19 Å². The van der Waals surface area contributed by atoms with Gasteiger partial charge in [0.05, 0.1) is 0 Å². The lowest BCUT2D eigenvalue weighted by molar-refractivity contribution is -0.144. The van der Waals surface area contributed by atoms with E-state index in [1.165, 1.54) is 12.1 Å². The summed E-state index contributed by atoms with van der Waals surface area (Å²) in [6, 6.07) is 12.2. The maximum absolute atomic E-state index is 14.7. The van der Waals surface area contributed by atoms with E-state index in [9.17, 15) is 18.7 Å². The number of amides is 1. The molecule has 35 heavy (non-hydrogen) atoms. The Labute approximate surface area is 206 Å². The topological polar surface area (TPSA) is 113 Å². The highest BCUT2D eigenvalue weighted by molar-refractivity contribution is 8.15. The predicted octanol–water partition coefficient (Wildman–Crippen LogP) is 3.25. The largest absolute Gasteiger partial charge is 0.383 e. The number of aliphatic imine (C=N–C) groups is 1. The molecule has 0 fully saturated rings. The molecule has 184 valence electrons. The lowest BCUT2D eigenvalue weighted by Gasteiger charge is -2.36. The summed E-state index contributed by atoms with van der Waals surface area (Å²) in [6.45, 7) is 2.07. The summed E-state index contributed by atoms with van der Waals surface area (Å²) in [7, 11) is 1.53. The number of thioether (sulfide) groups is 1. The van der Waals surface area contributed by atoms with Gasteiger partial charge >= 0.3 is 0 Å². The number of benzene rings is 2. The minimum Gasteiger partial charge on any atom is -0.383 e. The highest BCUT2D eigenvalue weighted by Gasteiger charge is 2.49. The summed E-state index contributed by atoms with van der Waals surface area (Å²) in [5, 5.41) is 30.4. The van der Waals surface area contributed by atoms with Crippen LogP contribution < -0.4 is 10.6 Å². The molecule has 0 saturated carbocycles. The van der Waals surface area contributed by atoms with Crippen LogP contribution in [0.2, 0.25) is 0 Å². The molecule has 1 aliphatic heterocycles. The van der Waals surface area contributed by atoms with Crippen LogP contribution in [0.5, 0.6) is 0 Å². The van der Waals surface area contributed by atoms with Crippen molar-refractivity contribution in [3.05, 3.63) is 71.3 Å². The number of aliphatic hydroxyl groups is 1. The van der Waals surface area contributed by atoms with Crippen molar-refractivity contribution in [3.8, 4) is 6.19 Å². The van der Waals surface area contributed by atoms with E-state index in [2.05, 4.69) is 20.7 Å². The number of nitrogens with zero attached hydrogens (tertiary/aromatic N) is 4. The predicted molar refractivity (Wildman–Crippen MR) is 131 cm³/mol. The monoisotopic (exact) mass is 500 g/mol. The van der Waals surface area contributed by atoms with Gasteiger partial charge in [-0.25, -0.2) is 13.8 Å². The second-order valence-electron chi connectivity index (χ2n) is 7.70. The second-order valence-corrected chi connectivity index (χ2v) is 8.96. The third-order valence-electron chi connectivity index (χ3n) is 5.45. The molecule has 0 aliphatic carbocycles. The fourth-order valence-electron chi connectivity index (χ4n) is 3.66. The molecule has 0 radical (unpaired) electrons. The Balaban J connectivity index is 2.01. The zero-order chi connectivity index (χ0) is 25.4. The van der Waals surface area contributed by atoms with Crippen molar-refractivity contribution in [2.24, 2.45) is 10.1 Å². The van der Waals surface area contributed by atoms with E-state index in [-0.39, 0.29) is 17.0 Å². The molecular formula is C24H26F2N6O2S. The second kappa shape index (κ2) is 11.8. The lowest BCUT2D eigenvalue weighted by Crippen LogP contribution is -2.46. The number of carbonyl (C=O) groups excluding carboxylic acids is 1. The van der Waals surface area contributed by atoms with Gasteiger partial charge in [0.25, 0.3) is 5.91 Å². The Morgan fingerprint density at radius 2 is 2.06 bits per heavy atom. The molecule has 0 aromatic heterocycles. The molecule has 11 heteroatoms. The molecule has 0 bridgehead atoms. The molecule has 3 rings (SSSR count). The third-order valence-corrected chi connectivity index (χ3v) is 6.89. The van der Waals surface area contributed by atoms with Crippen molar-refractivity contribution >= 4 is 28.7 Å². The summed E-state index contributed by atoms with van der Waals surface area (Å²) in [5.41, 5.74) is 0.657. The van der Waals surface area contributed by atoms with E-state index >= 15 is 0 Å². The van der Waals surface area contributed by atoms with Gasteiger partial charge in [-0.05, 0) is 43.0 Å². The van der Waals surface area contributed by atoms with Crippen molar-refractivity contribution in [1.29, 1.82) is 5.26 Å². The summed E-state index contributed by atoms with van der Waals surface area (Å²) in [6.07, 6.45) is 1.50. The summed E-state index contributed by atoms with van der Waals surface area (Å²) >= 11 is 1.14. The molecule has 0 saturated heterocycles. The van der Waals surface area contributed by atoms with Crippen LogP contribution in [0.15, 0.2) is 58.6 Å². The van der Waals surface area contributed by atoms with E-state index in [1.54, 1.807) is 13.1 Å². The zero-order valence-corrected chi connectivity index (χ0v) is 20.1. The third kappa shape index (κ3) is 5.78. The zero-order valence-electron chi connectivity index (χ0n) is 19.3. The number of hydrogen-bond donors (Lipinski definition) is 3. The molecule has 3 N–H and O–H groups in total. The Morgan fingerprint density at radius 3 is 2.71 bits per heavy atom. The first-order chi connectivity index (χ1) is 16.9. The van der Waals surface area contributed by atoms with Crippen LogP contribution in [0.4, 0.5) is 8.78 Å². The Kier molecular flexibility index (Phi) is 8.78. The summed E-state index contributed by atoms with van der Waals surface area (Å²) in [4.78, 5) is 16.1. The standard InChI is InChI=1S/C24H26F2N6O2S/c1-3-20(33)22(34)32-24(16-8-5-4-6-9-16,12-7-13-29-23(28-2)30-15-27)35-21(31-32)18-14-17(25)10-11-19(18)26/h4-6,8-11,14,20,33H,3,7,12-13H2,1-2H3,(H2,28,29,30). The quantitative estimate of drug-likeness (QED) is 0.169. The maximum atomic E-state index is 14.7. The molecule has 2 atom stereocenters. The minimum atomic E-state index is -1.31. The van der Waals surface area contributed by atoms with Crippen LogP contribution in [0.25, 0.3) is 0 Å². The Hall–Kier alpha value is -3.49. The number of nitriles is 1. The number of halogens is 2. The normalized spacial score (nSPS) is 18.6. The number of hydrazone groups is 1. The van der Waals surface area contributed by atoms with Crippen LogP contribution in [0.1, 0.15) is 37.3 Å². The number of carbonyl (C=O) groups is 1. The van der Waals surface area contributed by atoms with Gasteiger partial charge in [-0.15, -0.1) is 0 Å². The van der Waals surface area contributed by atoms with Crippen LogP contribution in [-0.4, -0.2) is 46.7 Å². The van der Waals surface area contributed by atoms with Crippen LogP contribution in [0, 0.1) is 23.1 Å². The van der Waals surface area contributed by atoms with Gasteiger partial charge in [0, 0.05) is 19.2 Å². The first kappa shape index (κ1) is 26.1. The average molecular weight is 501 g/mol. The number of guanidine groups is 1. The van der Waals surface area contributed by atoms with E-state index < -0.39 is 28.5 Å². The molecule has 2 aromatic rings. The molecule has 0 spiro atoms. The maximum Gasteiger partial charge on any atom is 0.273 e. The van der Waals surface area contributed by atoms with Gasteiger partial charge in [0.1, 0.15) is 27.7 Å². The summed E-state index contributed by atoms with van der Waals surface area (Å²) < 4.78 is 28.6. The van der Waals surface area contributed by atoms with E-state index in [0.29, 0.717) is 25.3 Å². The van der Waals surface area contributed by atoms with Gasteiger partial charge in [0.2, 0.25) is 5.96 Å². The van der Waals surface area contributed by atoms with Crippen molar-refractivity contribution in [1.82, 2.24) is 15.6 Å². The number of rotatable bonds is 8. The molecular weight excluding hydrogens is 474 g/mol. The van der Waals surface area contributed by atoms with E-state index in [0.717, 1.165) is 35.5 Å². The molecule has 2 unspecified atom stereocenters. The highest BCUT2D eigenvalue weighted by atomic mass is 32.2. The lowest BCUT2D eigenvalue weighted by atomic mass is 9.99. The van der Waals surface area contributed by atoms with Gasteiger partial charge in [-0.3, -0.25) is 15.1 Å². The smallest absolute Gasteiger partial charge is 0.273 e. The first-order valence-corrected chi connectivity index (χ1v) is 11.8. The van der Waals surface area contributed by atoms with Gasteiger partial charge in [-0.1, -0.05) is 49.0 Å². The van der Waals surface area contributed by atoms with Crippen molar-refractivity contribution in [3.63, 3.8) is 0 Å². The molecule has 1 heterocycles. The average Bonchev–Trinajstić information content (AvgIpc) is 3.27. The van der Waals surface area contributed by atoms with Crippen molar-refractivity contribution < 1.29 is 18.7 Å². The molecule has 1 aliphatic rings. The van der Waals surface area contributed by atoms with Gasteiger partial charge in [-0.2, -0.15) is 10.4 Å². The fraction of sp³-hybridized carbons (Fsp3) is 0.333. The molecule has 1 amide bonds. The Morgan fingerprint density at radius 1 is 1.31 bits per heavy atom. The molecule has 2 aromatic carbocycles.